The molecule has 0 aliphatic carbocycles. The predicted molar refractivity (Wildman–Crippen MR) is 94.9 cm³/mol. The molecule has 5 aromatic rings. The van der Waals surface area contributed by atoms with Gasteiger partial charge in [0.2, 0.25) is 0 Å². The first-order valence-electron chi connectivity index (χ1n) is 8.02. The number of aromatic nitrogens is 7. The molecule has 0 radical (unpaired) electrons. The first-order valence-corrected chi connectivity index (χ1v) is 8.02. The zero-order valence-corrected chi connectivity index (χ0v) is 13.6. The van der Waals surface area contributed by atoms with Gasteiger partial charge in [-0.1, -0.05) is 23.4 Å². The van der Waals surface area contributed by atoms with Gasteiger partial charge in [-0.2, -0.15) is 5.10 Å². The van der Waals surface area contributed by atoms with Crippen LogP contribution >= 0.6 is 0 Å². The quantitative estimate of drug-likeness (QED) is 0.552. The number of aryl methyl sites for hydroxylation is 1. The number of fused-ring (bicyclic) bond motifs is 2. The molecule has 0 saturated carbocycles. The summed E-state index contributed by atoms with van der Waals surface area (Å²) in [7, 11) is 1.89. The zero-order chi connectivity index (χ0) is 16.8. The summed E-state index contributed by atoms with van der Waals surface area (Å²) in [4.78, 5) is 8.16. The molecule has 4 aromatic heterocycles. The first-order chi connectivity index (χ1) is 12.3. The average molecular weight is 329 g/mol. The van der Waals surface area contributed by atoms with Crippen molar-refractivity contribution in [2.24, 2.45) is 7.05 Å². The van der Waals surface area contributed by atoms with Gasteiger partial charge in [0.15, 0.2) is 5.65 Å². The largest absolute Gasteiger partial charge is 0.357 e. The van der Waals surface area contributed by atoms with Crippen molar-refractivity contribution in [3.8, 4) is 11.3 Å². The van der Waals surface area contributed by atoms with E-state index in [2.05, 4.69) is 38.6 Å². The fraction of sp³-hybridized carbons (Fsp3) is 0.111. The molecule has 0 spiro atoms. The standard InChI is InChI=1S/C18H15N7/c1-24-10-13(9-19-24)16-6-7-17-18(21-16)25(23-22-17)11-14-8-12-4-2-3-5-15(12)20-14/h2-10,20H,11H2,1H3. The third kappa shape index (κ3) is 2.37. The molecule has 0 aliphatic rings. The summed E-state index contributed by atoms with van der Waals surface area (Å²) < 4.78 is 3.58. The second-order valence-corrected chi connectivity index (χ2v) is 6.07. The summed E-state index contributed by atoms with van der Waals surface area (Å²) in [5, 5.41) is 13.9. The number of H-pyrrole nitrogens is 1. The number of hydrogen-bond acceptors (Lipinski definition) is 4. The van der Waals surface area contributed by atoms with Crippen LogP contribution in [0.5, 0.6) is 0 Å². The van der Waals surface area contributed by atoms with Gasteiger partial charge in [-0.3, -0.25) is 4.68 Å². The molecule has 0 aliphatic heterocycles. The molecule has 0 saturated heterocycles. The van der Waals surface area contributed by atoms with Gasteiger partial charge >= 0.3 is 0 Å². The Morgan fingerprint density at radius 3 is 2.88 bits per heavy atom. The SMILES string of the molecule is Cn1cc(-c2ccc3nnn(Cc4cc5ccccc5[nH]4)c3n2)cn1. The van der Waals surface area contributed by atoms with Gasteiger partial charge in [-0.15, -0.1) is 5.10 Å². The molecular weight excluding hydrogens is 314 g/mol. The minimum Gasteiger partial charge on any atom is -0.357 e. The highest BCUT2D eigenvalue weighted by Gasteiger charge is 2.11. The summed E-state index contributed by atoms with van der Waals surface area (Å²) in [6.07, 6.45) is 3.75. The van der Waals surface area contributed by atoms with Crippen molar-refractivity contribution < 1.29 is 0 Å². The molecular formula is C18H15N7. The molecule has 0 fully saturated rings. The molecule has 1 aromatic carbocycles. The van der Waals surface area contributed by atoms with Gasteiger partial charge in [0.25, 0.3) is 0 Å². The Morgan fingerprint density at radius 1 is 1.12 bits per heavy atom. The van der Waals surface area contributed by atoms with Crippen LogP contribution in [0.2, 0.25) is 0 Å². The van der Waals surface area contributed by atoms with Gasteiger partial charge in [-0.05, 0) is 29.7 Å². The first kappa shape index (κ1) is 13.9. The van der Waals surface area contributed by atoms with Crippen molar-refractivity contribution in [2.45, 2.75) is 6.54 Å². The van der Waals surface area contributed by atoms with Crippen molar-refractivity contribution in [2.75, 3.05) is 0 Å². The maximum Gasteiger partial charge on any atom is 0.179 e. The number of aromatic amines is 1. The van der Waals surface area contributed by atoms with Crippen molar-refractivity contribution >= 4 is 22.1 Å². The fourth-order valence-electron chi connectivity index (χ4n) is 3.05. The molecule has 122 valence electrons. The molecule has 0 atom stereocenters. The lowest BCUT2D eigenvalue weighted by molar-refractivity contribution is 0.656. The molecule has 25 heavy (non-hydrogen) atoms. The third-order valence-electron chi connectivity index (χ3n) is 4.27. The Labute approximate surface area is 142 Å². The molecule has 0 amide bonds. The van der Waals surface area contributed by atoms with Crippen LogP contribution < -0.4 is 0 Å². The Balaban J connectivity index is 1.56. The Bertz CT molecular complexity index is 1160. The predicted octanol–water partition coefficient (Wildman–Crippen LogP) is 2.76. The molecule has 0 unspecified atom stereocenters. The van der Waals surface area contributed by atoms with E-state index in [1.807, 2.05) is 42.2 Å². The van der Waals surface area contributed by atoms with Crippen LogP contribution in [0, 0.1) is 0 Å². The Morgan fingerprint density at radius 2 is 2.04 bits per heavy atom. The average Bonchev–Trinajstić information content (AvgIpc) is 3.33. The molecule has 5 rings (SSSR count). The summed E-state index contributed by atoms with van der Waals surface area (Å²) in [6.45, 7) is 0.592. The molecule has 0 bridgehead atoms. The van der Waals surface area contributed by atoms with Crippen molar-refractivity contribution in [1.82, 2.24) is 34.7 Å². The zero-order valence-electron chi connectivity index (χ0n) is 13.6. The van der Waals surface area contributed by atoms with E-state index >= 15 is 0 Å². The van der Waals surface area contributed by atoms with Crippen LogP contribution in [0.25, 0.3) is 33.3 Å². The molecule has 7 heteroatoms. The number of pyridine rings is 1. The molecule has 7 nitrogen and oxygen atoms in total. The van der Waals surface area contributed by atoms with Crippen molar-refractivity contribution in [3.05, 3.63) is 60.6 Å². The number of para-hydroxylation sites is 1. The number of nitrogens with zero attached hydrogens (tertiary/aromatic N) is 6. The van der Waals surface area contributed by atoms with E-state index in [1.54, 1.807) is 10.9 Å². The minimum absolute atomic E-state index is 0.592. The second-order valence-electron chi connectivity index (χ2n) is 6.07. The van der Waals surface area contributed by atoms with Gasteiger partial charge in [-0.25, -0.2) is 9.67 Å². The van der Waals surface area contributed by atoms with E-state index in [-0.39, 0.29) is 0 Å². The minimum atomic E-state index is 0.592. The van der Waals surface area contributed by atoms with Gasteiger partial charge in [0.1, 0.15) is 5.52 Å². The monoisotopic (exact) mass is 329 g/mol. The van der Waals surface area contributed by atoms with E-state index < -0.39 is 0 Å². The van der Waals surface area contributed by atoms with Crippen LogP contribution in [-0.4, -0.2) is 34.7 Å². The van der Waals surface area contributed by atoms with Crippen LogP contribution in [0.4, 0.5) is 0 Å². The van der Waals surface area contributed by atoms with Crippen LogP contribution in [0.1, 0.15) is 5.69 Å². The fourth-order valence-corrected chi connectivity index (χ4v) is 3.05. The highest BCUT2D eigenvalue weighted by atomic mass is 15.4. The van der Waals surface area contributed by atoms with Crippen molar-refractivity contribution in [3.63, 3.8) is 0 Å². The summed E-state index contributed by atoms with van der Waals surface area (Å²) in [5.41, 5.74) is 5.57. The topological polar surface area (TPSA) is 77.2 Å². The Kier molecular flexibility index (Phi) is 2.93. The van der Waals surface area contributed by atoms with Gasteiger partial charge in [0, 0.05) is 30.0 Å². The van der Waals surface area contributed by atoms with E-state index in [4.69, 9.17) is 4.98 Å². The van der Waals surface area contributed by atoms with E-state index in [9.17, 15) is 0 Å². The lowest BCUT2D eigenvalue weighted by atomic mass is 10.2. The number of benzene rings is 1. The van der Waals surface area contributed by atoms with Crippen molar-refractivity contribution in [1.29, 1.82) is 0 Å². The maximum absolute atomic E-state index is 4.74. The van der Waals surface area contributed by atoms with E-state index in [1.165, 1.54) is 5.39 Å². The van der Waals surface area contributed by atoms with Gasteiger partial charge in [0.05, 0.1) is 18.4 Å². The van der Waals surface area contributed by atoms with Crippen LogP contribution in [0.15, 0.2) is 54.9 Å². The third-order valence-corrected chi connectivity index (χ3v) is 4.27. The number of hydrogen-bond donors (Lipinski definition) is 1. The summed E-state index contributed by atoms with van der Waals surface area (Å²) in [5.74, 6) is 0. The normalized spacial score (nSPS) is 11.6. The maximum atomic E-state index is 4.74. The number of rotatable bonds is 3. The molecule has 4 heterocycles. The van der Waals surface area contributed by atoms with Gasteiger partial charge < -0.3 is 4.98 Å². The van der Waals surface area contributed by atoms with Crippen LogP contribution in [0.3, 0.4) is 0 Å². The van der Waals surface area contributed by atoms with Crippen LogP contribution in [-0.2, 0) is 13.6 Å². The highest BCUT2D eigenvalue weighted by molar-refractivity contribution is 5.80. The van der Waals surface area contributed by atoms with E-state index in [0.717, 1.165) is 33.6 Å². The lowest BCUT2D eigenvalue weighted by Gasteiger charge is -2.01. The second kappa shape index (κ2) is 5.27. The molecule has 1 N–H and O–H groups in total. The number of nitrogens with one attached hydrogen (secondary N) is 1. The lowest BCUT2D eigenvalue weighted by Crippen LogP contribution is -2.03. The highest BCUT2D eigenvalue weighted by Crippen LogP contribution is 2.20. The smallest absolute Gasteiger partial charge is 0.179 e. The summed E-state index contributed by atoms with van der Waals surface area (Å²) >= 11 is 0. The summed E-state index contributed by atoms with van der Waals surface area (Å²) in [6, 6.07) is 14.2. The Hall–Kier alpha value is -3.48. The van der Waals surface area contributed by atoms with E-state index in [0.29, 0.717) is 6.54 Å².